The van der Waals surface area contributed by atoms with Crippen LogP contribution < -0.4 is 0 Å². The Kier molecular flexibility index (Phi) is 2.27. The Labute approximate surface area is 94.6 Å². The maximum Gasteiger partial charge on any atom is 0.312 e. The predicted molar refractivity (Wildman–Crippen MR) is 55.5 cm³/mol. The van der Waals surface area contributed by atoms with Gasteiger partial charge in [-0.15, -0.1) is 0 Å². The van der Waals surface area contributed by atoms with Crippen LogP contribution in [0.5, 0.6) is 0 Å². The van der Waals surface area contributed by atoms with Crippen molar-refractivity contribution in [2.75, 3.05) is 6.61 Å². The van der Waals surface area contributed by atoms with Gasteiger partial charge in [0.15, 0.2) is 0 Å². The maximum atomic E-state index is 11.7. The molecule has 16 heavy (non-hydrogen) atoms. The van der Waals surface area contributed by atoms with Crippen LogP contribution in [0.2, 0.25) is 0 Å². The fourth-order valence-corrected chi connectivity index (χ4v) is 4.02. The summed E-state index contributed by atoms with van der Waals surface area (Å²) in [5, 5.41) is 19.7. The topological polar surface area (TPSA) is 66.8 Å². The van der Waals surface area contributed by atoms with Gasteiger partial charge in [0.05, 0.1) is 24.7 Å². The number of esters is 1. The Balaban J connectivity index is 1.94. The second-order valence-electron chi connectivity index (χ2n) is 5.59. The third-order valence-electron chi connectivity index (χ3n) is 4.86. The van der Waals surface area contributed by atoms with Gasteiger partial charge in [-0.3, -0.25) is 4.79 Å². The smallest absolute Gasteiger partial charge is 0.312 e. The van der Waals surface area contributed by atoms with Crippen molar-refractivity contribution in [3.8, 4) is 0 Å². The number of hydrogen-bond acceptors (Lipinski definition) is 4. The van der Waals surface area contributed by atoms with Crippen molar-refractivity contribution in [1.82, 2.24) is 0 Å². The first kappa shape index (κ1) is 10.5. The van der Waals surface area contributed by atoms with E-state index in [2.05, 4.69) is 0 Å². The van der Waals surface area contributed by atoms with E-state index in [9.17, 15) is 15.0 Å². The van der Waals surface area contributed by atoms with Gasteiger partial charge in [0.25, 0.3) is 0 Å². The van der Waals surface area contributed by atoms with Gasteiger partial charge < -0.3 is 14.9 Å². The minimum atomic E-state index is -0.540. The highest BCUT2D eigenvalue weighted by molar-refractivity contribution is 5.76. The highest BCUT2D eigenvalue weighted by Gasteiger charge is 2.60. The van der Waals surface area contributed by atoms with Crippen LogP contribution in [0.3, 0.4) is 0 Å². The lowest BCUT2D eigenvalue weighted by Gasteiger charge is -2.49. The SMILES string of the molecule is O=C1OC[C@]23CC[C@H](O)C[C@@H]2CC[C@@H](O)[C@H]13. The molecule has 2 N–H and O–H groups in total. The quantitative estimate of drug-likeness (QED) is 0.589. The van der Waals surface area contributed by atoms with Gasteiger partial charge in [-0.05, 0) is 38.0 Å². The van der Waals surface area contributed by atoms with Crippen molar-refractivity contribution in [2.24, 2.45) is 17.3 Å². The van der Waals surface area contributed by atoms with Gasteiger partial charge >= 0.3 is 5.97 Å². The molecule has 3 fully saturated rings. The molecule has 5 atom stereocenters. The predicted octanol–water partition coefficient (Wildman–Crippen LogP) is 0.462. The molecule has 2 aliphatic carbocycles. The molecular weight excluding hydrogens is 208 g/mol. The zero-order chi connectivity index (χ0) is 11.3. The van der Waals surface area contributed by atoms with Crippen LogP contribution >= 0.6 is 0 Å². The summed E-state index contributed by atoms with van der Waals surface area (Å²) < 4.78 is 5.19. The van der Waals surface area contributed by atoms with Crippen molar-refractivity contribution in [3.63, 3.8) is 0 Å². The monoisotopic (exact) mass is 226 g/mol. The zero-order valence-corrected chi connectivity index (χ0v) is 9.26. The summed E-state index contributed by atoms with van der Waals surface area (Å²) in [6.07, 6.45) is 3.11. The largest absolute Gasteiger partial charge is 0.465 e. The highest BCUT2D eigenvalue weighted by Crippen LogP contribution is 2.56. The average molecular weight is 226 g/mol. The van der Waals surface area contributed by atoms with E-state index in [-0.39, 0.29) is 23.4 Å². The summed E-state index contributed by atoms with van der Waals surface area (Å²) in [5.74, 6) is -0.219. The number of aliphatic hydroxyl groups is 2. The normalized spacial score (nSPS) is 51.8. The molecule has 0 unspecified atom stereocenters. The molecule has 0 bridgehead atoms. The van der Waals surface area contributed by atoms with E-state index in [1.165, 1.54) is 0 Å². The number of cyclic esters (lactones) is 1. The van der Waals surface area contributed by atoms with Crippen LogP contribution in [-0.2, 0) is 9.53 Å². The fraction of sp³-hybridized carbons (Fsp3) is 0.917. The molecule has 1 saturated heterocycles. The van der Waals surface area contributed by atoms with E-state index in [0.29, 0.717) is 18.9 Å². The molecule has 4 heteroatoms. The molecule has 1 spiro atoms. The summed E-state index contributed by atoms with van der Waals surface area (Å²) in [7, 11) is 0. The van der Waals surface area contributed by atoms with E-state index in [1.807, 2.05) is 0 Å². The first-order chi connectivity index (χ1) is 7.63. The third-order valence-corrected chi connectivity index (χ3v) is 4.86. The Morgan fingerprint density at radius 2 is 2.06 bits per heavy atom. The summed E-state index contributed by atoms with van der Waals surface area (Å²) >= 11 is 0. The summed E-state index contributed by atoms with van der Waals surface area (Å²) in [6.45, 7) is 0.449. The molecule has 4 nitrogen and oxygen atoms in total. The molecule has 0 radical (unpaired) electrons. The first-order valence-electron chi connectivity index (χ1n) is 6.16. The lowest BCUT2D eigenvalue weighted by molar-refractivity contribution is -0.147. The van der Waals surface area contributed by atoms with Gasteiger partial charge in [-0.2, -0.15) is 0 Å². The van der Waals surface area contributed by atoms with Crippen molar-refractivity contribution in [3.05, 3.63) is 0 Å². The molecule has 0 amide bonds. The van der Waals surface area contributed by atoms with Gasteiger partial charge in [0, 0.05) is 5.41 Å². The van der Waals surface area contributed by atoms with Crippen molar-refractivity contribution in [2.45, 2.75) is 44.3 Å². The molecule has 0 aromatic heterocycles. The van der Waals surface area contributed by atoms with E-state index in [4.69, 9.17) is 4.74 Å². The first-order valence-corrected chi connectivity index (χ1v) is 6.16. The molecule has 3 aliphatic rings. The summed E-state index contributed by atoms with van der Waals surface area (Å²) in [5.41, 5.74) is -0.173. The van der Waals surface area contributed by atoms with Gasteiger partial charge in [-0.1, -0.05) is 0 Å². The van der Waals surface area contributed by atoms with Crippen molar-refractivity contribution in [1.29, 1.82) is 0 Å². The van der Waals surface area contributed by atoms with Crippen LogP contribution in [-0.4, -0.2) is 35.0 Å². The van der Waals surface area contributed by atoms with Gasteiger partial charge in [0.1, 0.15) is 0 Å². The maximum absolute atomic E-state index is 11.7. The number of ether oxygens (including phenoxy) is 1. The second kappa shape index (κ2) is 3.44. The molecule has 0 aromatic carbocycles. The van der Waals surface area contributed by atoms with E-state index >= 15 is 0 Å². The molecule has 1 heterocycles. The zero-order valence-electron chi connectivity index (χ0n) is 9.26. The molecule has 1 aliphatic heterocycles. The number of aliphatic hydroxyl groups excluding tert-OH is 2. The molecular formula is C12H18O4. The number of carbonyl (C=O) groups excluding carboxylic acids is 1. The van der Waals surface area contributed by atoms with Gasteiger partial charge in [0.2, 0.25) is 0 Å². The second-order valence-corrected chi connectivity index (χ2v) is 5.59. The molecule has 90 valence electrons. The van der Waals surface area contributed by atoms with Gasteiger partial charge in [-0.25, -0.2) is 0 Å². The van der Waals surface area contributed by atoms with E-state index in [0.717, 1.165) is 25.7 Å². The average Bonchev–Trinajstić information content (AvgIpc) is 2.59. The Bertz CT molecular complexity index is 316. The number of rotatable bonds is 0. The van der Waals surface area contributed by atoms with Crippen LogP contribution in [0, 0.1) is 17.3 Å². The standard InChI is InChI=1S/C12H18O4/c13-8-3-4-12-6-16-11(15)10(12)9(14)2-1-7(12)5-8/h7-10,13-14H,1-6H2/t7-,8-,9+,10+,12+/m0/s1. The lowest BCUT2D eigenvalue weighted by atomic mass is 9.54. The van der Waals surface area contributed by atoms with Crippen LogP contribution in [0.25, 0.3) is 0 Å². The molecule has 3 rings (SSSR count). The number of hydrogen-bond donors (Lipinski definition) is 2. The van der Waals surface area contributed by atoms with Crippen molar-refractivity contribution >= 4 is 5.97 Å². The Hall–Kier alpha value is -0.610. The van der Waals surface area contributed by atoms with E-state index in [1.54, 1.807) is 0 Å². The summed E-state index contributed by atoms with van der Waals surface area (Å²) in [4.78, 5) is 11.7. The molecule has 2 saturated carbocycles. The molecule has 0 aromatic rings. The Morgan fingerprint density at radius 1 is 1.25 bits per heavy atom. The Morgan fingerprint density at radius 3 is 2.88 bits per heavy atom. The van der Waals surface area contributed by atoms with Crippen molar-refractivity contribution < 1.29 is 19.7 Å². The summed E-state index contributed by atoms with van der Waals surface area (Å²) in [6, 6.07) is 0. The van der Waals surface area contributed by atoms with Crippen LogP contribution in [0.4, 0.5) is 0 Å². The third kappa shape index (κ3) is 1.26. The van der Waals surface area contributed by atoms with Crippen LogP contribution in [0.15, 0.2) is 0 Å². The number of carbonyl (C=O) groups is 1. The van der Waals surface area contributed by atoms with E-state index < -0.39 is 6.10 Å². The van der Waals surface area contributed by atoms with Crippen LogP contribution in [0.1, 0.15) is 32.1 Å². The lowest BCUT2D eigenvalue weighted by Crippen LogP contribution is -2.51. The minimum absolute atomic E-state index is 0.173. The minimum Gasteiger partial charge on any atom is -0.465 e. The fourth-order valence-electron chi connectivity index (χ4n) is 4.02. The highest BCUT2D eigenvalue weighted by atomic mass is 16.5.